The molecule has 0 radical (unpaired) electrons. The van der Waals surface area contributed by atoms with Crippen LogP contribution >= 0.6 is 0 Å². The average Bonchev–Trinajstić information content (AvgIpc) is 2.90. The van der Waals surface area contributed by atoms with Crippen LogP contribution in [0.4, 0.5) is 17.1 Å². The zero-order chi connectivity index (χ0) is 26.2. The van der Waals surface area contributed by atoms with E-state index in [9.17, 15) is 25.5 Å². The standard InChI is InChI=1S/C25H22N4O8/c26-14-17-12-19(28(30)31)25(20(13-17)29(32)33)27-18-15-36-23-8-3-1-6-21(23)34-10-5-11-35-22-7-2-4-9-24(22)37-16-18/h1-4,6-9,12-13,18,27H,5,10-11,15-16H2. The molecule has 3 aromatic rings. The van der Waals surface area contributed by atoms with Gasteiger partial charge in [0.2, 0.25) is 0 Å². The first kappa shape index (κ1) is 25.1. The Bertz CT molecular complexity index is 1250. The van der Waals surface area contributed by atoms with Crippen molar-refractivity contribution in [3.63, 3.8) is 0 Å². The lowest BCUT2D eigenvalue weighted by molar-refractivity contribution is -0.392. The van der Waals surface area contributed by atoms with Gasteiger partial charge in [0, 0.05) is 18.6 Å². The van der Waals surface area contributed by atoms with Crippen LogP contribution < -0.4 is 24.3 Å². The fourth-order valence-corrected chi connectivity index (χ4v) is 3.63. The van der Waals surface area contributed by atoms with Crippen LogP contribution in [-0.4, -0.2) is 42.3 Å². The minimum absolute atomic E-state index is 0.0856. The highest BCUT2D eigenvalue weighted by Crippen LogP contribution is 2.37. The number of benzene rings is 3. The second kappa shape index (κ2) is 11.6. The van der Waals surface area contributed by atoms with Crippen LogP contribution in [0.2, 0.25) is 0 Å². The van der Waals surface area contributed by atoms with E-state index in [-0.39, 0.29) is 24.5 Å². The number of nitriles is 1. The molecule has 0 atom stereocenters. The lowest BCUT2D eigenvalue weighted by Gasteiger charge is -2.23. The highest BCUT2D eigenvalue weighted by Gasteiger charge is 2.29. The molecule has 0 fully saturated rings. The fourth-order valence-electron chi connectivity index (χ4n) is 3.63. The number of nitro groups is 2. The van der Waals surface area contributed by atoms with Gasteiger partial charge in [-0.3, -0.25) is 20.2 Å². The van der Waals surface area contributed by atoms with E-state index in [1.165, 1.54) is 0 Å². The van der Waals surface area contributed by atoms with Gasteiger partial charge in [-0.15, -0.1) is 0 Å². The van der Waals surface area contributed by atoms with Crippen molar-refractivity contribution in [1.82, 2.24) is 0 Å². The monoisotopic (exact) mass is 506 g/mol. The molecule has 4 rings (SSSR count). The summed E-state index contributed by atoms with van der Waals surface area (Å²) in [6.45, 7) is 0.568. The molecule has 190 valence electrons. The largest absolute Gasteiger partial charge is 0.490 e. The number of hydrogen-bond acceptors (Lipinski definition) is 10. The van der Waals surface area contributed by atoms with Crippen molar-refractivity contribution in [1.29, 1.82) is 5.26 Å². The average molecular weight is 506 g/mol. The maximum absolute atomic E-state index is 11.7. The number of fused-ring (bicyclic) bond motifs is 2. The number of hydrogen-bond donors (Lipinski definition) is 1. The van der Waals surface area contributed by atoms with E-state index in [2.05, 4.69) is 5.32 Å². The summed E-state index contributed by atoms with van der Waals surface area (Å²) >= 11 is 0. The summed E-state index contributed by atoms with van der Waals surface area (Å²) in [4.78, 5) is 21.9. The van der Waals surface area contributed by atoms with Crippen LogP contribution in [0.1, 0.15) is 12.0 Å². The van der Waals surface area contributed by atoms with Gasteiger partial charge >= 0.3 is 11.4 Å². The molecule has 1 aliphatic heterocycles. The zero-order valence-electron chi connectivity index (χ0n) is 19.5. The molecule has 0 bridgehead atoms. The number of nitrogens with zero attached hydrogens (tertiary/aromatic N) is 3. The lowest BCUT2D eigenvalue weighted by Crippen LogP contribution is -2.34. The molecule has 37 heavy (non-hydrogen) atoms. The van der Waals surface area contributed by atoms with Crippen LogP contribution in [0.15, 0.2) is 60.7 Å². The second-order valence-corrected chi connectivity index (χ2v) is 7.92. The third-order valence-electron chi connectivity index (χ3n) is 5.35. The summed E-state index contributed by atoms with van der Waals surface area (Å²) in [7, 11) is 0. The molecule has 0 spiro atoms. The predicted molar refractivity (Wildman–Crippen MR) is 131 cm³/mol. The molecule has 0 unspecified atom stereocenters. The van der Waals surface area contributed by atoms with Gasteiger partial charge in [0.15, 0.2) is 28.7 Å². The zero-order valence-corrected chi connectivity index (χ0v) is 19.5. The first-order valence-electron chi connectivity index (χ1n) is 11.3. The van der Waals surface area contributed by atoms with Crippen LogP contribution in [0.25, 0.3) is 0 Å². The molecule has 1 N–H and O–H groups in total. The van der Waals surface area contributed by atoms with Gasteiger partial charge in [-0.2, -0.15) is 5.26 Å². The first-order valence-corrected chi connectivity index (χ1v) is 11.3. The number of ether oxygens (including phenoxy) is 4. The van der Waals surface area contributed by atoms with Crippen LogP contribution in [-0.2, 0) is 0 Å². The number of nitro benzene ring substituents is 2. The molecule has 1 aliphatic rings. The summed E-state index contributed by atoms with van der Waals surface area (Å²) < 4.78 is 23.6. The van der Waals surface area contributed by atoms with E-state index in [0.717, 1.165) is 12.1 Å². The van der Waals surface area contributed by atoms with Crippen LogP contribution in [0.5, 0.6) is 23.0 Å². The normalized spacial score (nSPS) is 14.0. The molecule has 12 nitrogen and oxygen atoms in total. The molecule has 3 aromatic carbocycles. The van der Waals surface area contributed by atoms with Crippen molar-refractivity contribution in [3.8, 4) is 29.1 Å². The van der Waals surface area contributed by atoms with Crippen molar-refractivity contribution in [2.75, 3.05) is 31.7 Å². The van der Waals surface area contributed by atoms with Gasteiger partial charge in [0.1, 0.15) is 13.2 Å². The molecular weight excluding hydrogens is 484 g/mol. The Morgan fingerprint density at radius 2 is 1.22 bits per heavy atom. The highest BCUT2D eigenvalue weighted by molar-refractivity contribution is 5.76. The van der Waals surface area contributed by atoms with Crippen molar-refractivity contribution in [3.05, 3.63) is 86.5 Å². The summed E-state index contributed by atoms with van der Waals surface area (Å²) in [6.07, 6.45) is 0.610. The second-order valence-electron chi connectivity index (χ2n) is 7.92. The van der Waals surface area contributed by atoms with Gasteiger partial charge in [0.05, 0.1) is 40.7 Å². The van der Waals surface area contributed by atoms with Gasteiger partial charge in [-0.05, 0) is 24.3 Å². The molecule has 1 heterocycles. The highest BCUT2D eigenvalue weighted by atomic mass is 16.6. The quantitative estimate of drug-likeness (QED) is 0.395. The van der Waals surface area contributed by atoms with Crippen LogP contribution in [0.3, 0.4) is 0 Å². The third kappa shape index (κ3) is 6.15. The maximum Gasteiger partial charge on any atom is 0.300 e. The maximum atomic E-state index is 11.7. The molecular formula is C25H22N4O8. The van der Waals surface area contributed by atoms with E-state index in [4.69, 9.17) is 18.9 Å². The summed E-state index contributed by atoms with van der Waals surface area (Å²) in [6, 6.07) is 16.9. The first-order chi connectivity index (χ1) is 18.0. The van der Waals surface area contributed by atoms with Gasteiger partial charge in [-0.1, -0.05) is 24.3 Å². The summed E-state index contributed by atoms with van der Waals surface area (Å²) in [5.41, 5.74) is -1.80. The van der Waals surface area contributed by atoms with Crippen LogP contribution in [0, 0.1) is 31.6 Å². The molecule has 0 aliphatic carbocycles. The molecule has 12 heteroatoms. The predicted octanol–water partition coefficient (Wildman–Crippen LogP) is 4.47. The number of anilines is 1. The van der Waals surface area contributed by atoms with E-state index >= 15 is 0 Å². The van der Waals surface area contributed by atoms with Crippen molar-refractivity contribution >= 4 is 17.1 Å². The number of para-hydroxylation sites is 4. The van der Waals surface area contributed by atoms with E-state index in [1.807, 2.05) is 0 Å². The minimum atomic E-state index is -0.797. The van der Waals surface area contributed by atoms with E-state index in [1.54, 1.807) is 54.6 Å². The Kier molecular flexibility index (Phi) is 7.85. The Balaban J connectivity index is 1.70. The summed E-state index contributed by atoms with van der Waals surface area (Å²) in [5, 5.41) is 35.5. The Labute approximate surface area is 211 Å². The van der Waals surface area contributed by atoms with Crippen molar-refractivity contribution in [2.45, 2.75) is 12.5 Å². The Morgan fingerprint density at radius 3 is 1.62 bits per heavy atom. The smallest absolute Gasteiger partial charge is 0.300 e. The molecule has 0 saturated heterocycles. The Morgan fingerprint density at radius 1 is 0.784 bits per heavy atom. The molecule has 0 aromatic heterocycles. The fraction of sp³-hybridized carbons (Fsp3) is 0.240. The van der Waals surface area contributed by atoms with Crippen molar-refractivity contribution in [2.24, 2.45) is 0 Å². The van der Waals surface area contributed by atoms with Gasteiger partial charge < -0.3 is 24.3 Å². The number of rotatable bonds is 4. The van der Waals surface area contributed by atoms with Gasteiger partial charge in [0.25, 0.3) is 0 Å². The Hall–Kier alpha value is -5.05. The van der Waals surface area contributed by atoms with Gasteiger partial charge in [-0.25, -0.2) is 0 Å². The lowest BCUT2D eigenvalue weighted by atomic mass is 10.1. The topological polar surface area (TPSA) is 159 Å². The minimum Gasteiger partial charge on any atom is -0.490 e. The third-order valence-corrected chi connectivity index (χ3v) is 5.35. The SMILES string of the molecule is N#Cc1cc([N+](=O)[O-])c(NC2COc3ccccc3OCCCOc3ccccc3OC2)c([N+](=O)[O-])c1. The van der Waals surface area contributed by atoms with E-state index < -0.39 is 27.3 Å². The molecule has 0 amide bonds. The molecule has 0 saturated carbocycles. The summed E-state index contributed by atoms with van der Waals surface area (Å²) in [5.74, 6) is 1.85. The van der Waals surface area contributed by atoms with E-state index in [0.29, 0.717) is 42.6 Å². The number of nitrogens with one attached hydrogen (secondary N) is 1. The van der Waals surface area contributed by atoms with Crippen molar-refractivity contribution < 1.29 is 28.8 Å².